The Hall–Kier alpha value is -5.34. The Kier molecular flexibility index (Phi) is 13.6. The van der Waals surface area contributed by atoms with Gasteiger partial charge < -0.3 is 44.0 Å². The highest BCUT2D eigenvalue weighted by atomic mass is 79.9. The quantitative estimate of drug-likeness (QED) is 0.0661. The Morgan fingerprint density at radius 1 is 0.797 bits per heavy atom. The number of rotatable bonds is 15. The fourth-order valence-electron chi connectivity index (χ4n) is 5.55. The number of epoxide rings is 1. The standard InChI is InChI=1S/C22H21BrFN5O3S.C18H15BrFN3O3/c1-29-6-5-25-22(29)33-11-14(30)10-32-20-9-18-15(8-19(20)31-2)21(27-12-26-18)28-17-4-3-13(23)7-16(17)24;1-24-16-5-12-15(6-17(16)26-8-11-7-25-11)21-9-22-18(12)23-14-3-2-10(19)4-13(14)20/h3-9,12,14,30H,10-11H2,1-2H3,(H,26,27,28);2-6,9,11H,7-8H2,1H3,(H,21,22,23). The van der Waals surface area contributed by atoms with E-state index in [0.717, 1.165) is 5.16 Å². The van der Waals surface area contributed by atoms with Gasteiger partial charge >= 0.3 is 0 Å². The van der Waals surface area contributed by atoms with Gasteiger partial charge in [-0.3, -0.25) is 0 Å². The molecule has 3 N–H and O–H groups in total. The van der Waals surface area contributed by atoms with Gasteiger partial charge in [-0.15, -0.1) is 0 Å². The molecule has 0 amide bonds. The predicted octanol–water partition coefficient (Wildman–Crippen LogP) is 8.61. The number of anilines is 4. The van der Waals surface area contributed by atoms with Crippen LogP contribution in [0.4, 0.5) is 31.8 Å². The number of hydrogen-bond donors (Lipinski definition) is 3. The van der Waals surface area contributed by atoms with Crippen LogP contribution in [0.3, 0.4) is 0 Å². The minimum Gasteiger partial charge on any atom is -0.493 e. The fraction of sp³-hybridized carbons (Fsp3) is 0.225. The first kappa shape index (κ1) is 41.8. The van der Waals surface area contributed by atoms with E-state index in [1.165, 1.54) is 43.7 Å². The zero-order chi connectivity index (χ0) is 41.5. The van der Waals surface area contributed by atoms with Crippen LogP contribution in [-0.4, -0.2) is 86.6 Å². The summed E-state index contributed by atoms with van der Waals surface area (Å²) in [5.41, 5.74) is 1.84. The van der Waals surface area contributed by atoms with Gasteiger partial charge in [-0.25, -0.2) is 33.7 Å². The van der Waals surface area contributed by atoms with E-state index >= 15 is 0 Å². The van der Waals surface area contributed by atoms with Crippen LogP contribution in [0.15, 0.2) is 99.8 Å². The van der Waals surface area contributed by atoms with Gasteiger partial charge in [0.15, 0.2) is 28.2 Å². The zero-order valence-corrected chi connectivity index (χ0v) is 35.6. The van der Waals surface area contributed by atoms with Crippen molar-refractivity contribution in [3.8, 4) is 23.0 Å². The van der Waals surface area contributed by atoms with Gasteiger partial charge in [0, 0.05) is 57.0 Å². The summed E-state index contributed by atoms with van der Waals surface area (Å²) in [7, 11) is 4.98. The number of fused-ring (bicyclic) bond motifs is 2. The van der Waals surface area contributed by atoms with Gasteiger partial charge in [0.25, 0.3) is 0 Å². The highest BCUT2D eigenvalue weighted by molar-refractivity contribution is 9.10. The van der Waals surface area contributed by atoms with Crippen LogP contribution in [0.2, 0.25) is 0 Å². The number of hydrogen-bond acceptors (Lipinski definition) is 14. The number of nitrogens with zero attached hydrogens (tertiary/aromatic N) is 6. The molecule has 0 aliphatic carbocycles. The van der Waals surface area contributed by atoms with Crippen LogP contribution in [-0.2, 0) is 11.8 Å². The number of methoxy groups -OCH3 is 2. The molecular weight excluding hydrogens is 918 g/mol. The Labute approximate surface area is 357 Å². The molecule has 0 radical (unpaired) electrons. The van der Waals surface area contributed by atoms with Crippen LogP contribution in [0.25, 0.3) is 21.8 Å². The number of aryl methyl sites for hydroxylation is 1. The zero-order valence-electron chi connectivity index (χ0n) is 31.7. The first-order valence-electron chi connectivity index (χ1n) is 17.8. The van der Waals surface area contributed by atoms with Crippen molar-refractivity contribution in [2.45, 2.75) is 17.4 Å². The highest BCUT2D eigenvalue weighted by Crippen LogP contribution is 2.37. The smallest absolute Gasteiger partial charge is 0.167 e. The maximum absolute atomic E-state index is 14.3. The molecular formula is C40H36Br2F2N8O6S. The third kappa shape index (κ3) is 10.6. The van der Waals surface area contributed by atoms with Gasteiger partial charge in [0.05, 0.1) is 49.3 Å². The second-order valence-electron chi connectivity index (χ2n) is 12.8. The predicted molar refractivity (Wildman–Crippen MR) is 228 cm³/mol. The summed E-state index contributed by atoms with van der Waals surface area (Å²) >= 11 is 7.94. The molecule has 19 heteroatoms. The Bertz CT molecular complexity index is 2590. The van der Waals surface area contributed by atoms with Crippen molar-refractivity contribution in [3.63, 3.8) is 0 Å². The lowest BCUT2D eigenvalue weighted by atomic mass is 10.2. The lowest BCUT2D eigenvalue weighted by Gasteiger charge is -2.16. The first-order valence-corrected chi connectivity index (χ1v) is 20.4. The molecule has 14 nitrogen and oxygen atoms in total. The monoisotopic (exact) mass is 952 g/mol. The molecule has 3 aromatic heterocycles. The second-order valence-corrected chi connectivity index (χ2v) is 15.7. The fourth-order valence-corrected chi connectivity index (χ4v) is 7.06. The minimum absolute atomic E-state index is 0.0690. The van der Waals surface area contributed by atoms with Crippen LogP contribution in [0, 0.1) is 11.6 Å². The number of imidazole rings is 1. The van der Waals surface area contributed by atoms with Gasteiger partial charge in [0.2, 0.25) is 0 Å². The van der Waals surface area contributed by atoms with Gasteiger partial charge in [-0.1, -0.05) is 43.6 Å². The van der Waals surface area contributed by atoms with Gasteiger partial charge in [-0.2, -0.15) is 0 Å². The van der Waals surface area contributed by atoms with E-state index < -0.39 is 11.9 Å². The molecule has 1 aliphatic heterocycles. The van der Waals surface area contributed by atoms with E-state index in [2.05, 4.69) is 67.4 Å². The number of nitrogens with one attached hydrogen (secondary N) is 2. The highest BCUT2D eigenvalue weighted by Gasteiger charge is 2.24. The van der Waals surface area contributed by atoms with E-state index in [4.69, 9.17) is 23.7 Å². The van der Waals surface area contributed by atoms with Crippen molar-refractivity contribution in [1.29, 1.82) is 0 Å². The summed E-state index contributed by atoms with van der Waals surface area (Å²) in [4.78, 5) is 21.3. The lowest BCUT2D eigenvalue weighted by Crippen LogP contribution is -2.20. The van der Waals surface area contributed by atoms with E-state index in [1.54, 1.807) is 61.8 Å². The van der Waals surface area contributed by atoms with E-state index in [1.807, 2.05) is 17.8 Å². The first-order chi connectivity index (χ1) is 28.6. The summed E-state index contributed by atoms with van der Waals surface area (Å²) < 4.78 is 59.2. The van der Waals surface area contributed by atoms with E-state index in [0.29, 0.717) is 90.0 Å². The number of aliphatic hydroxyl groups is 1. The van der Waals surface area contributed by atoms with Crippen LogP contribution in [0.5, 0.6) is 23.0 Å². The third-order valence-electron chi connectivity index (χ3n) is 8.65. The number of benzene rings is 4. The Morgan fingerprint density at radius 3 is 1.81 bits per heavy atom. The van der Waals surface area contributed by atoms with E-state index in [-0.39, 0.29) is 24.2 Å². The topological polar surface area (TPSA) is 163 Å². The minimum atomic E-state index is -0.713. The molecule has 8 rings (SSSR count). The van der Waals surface area contributed by atoms with Crippen LogP contribution in [0.1, 0.15) is 0 Å². The van der Waals surface area contributed by atoms with Gasteiger partial charge in [0.1, 0.15) is 55.2 Å². The maximum atomic E-state index is 14.3. The summed E-state index contributed by atoms with van der Waals surface area (Å²) in [6, 6.07) is 16.5. The summed E-state index contributed by atoms with van der Waals surface area (Å²) in [6.45, 7) is 1.24. The normalized spacial score (nSPS) is 13.7. The SMILES string of the molecule is COc1cc2c(Nc3ccc(Br)cc3F)ncnc2cc1OCC(O)CSc1nccn1C.COc1cc2c(Nc3ccc(Br)cc3F)ncnc2cc1OCC1CO1. The molecule has 306 valence electrons. The van der Waals surface area contributed by atoms with Crippen molar-refractivity contribution in [3.05, 3.63) is 106 Å². The van der Waals surface area contributed by atoms with Gasteiger partial charge in [-0.05, 0) is 48.5 Å². The molecule has 7 aromatic rings. The lowest BCUT2D eigenvalue weighted by molar-refractivity contribution is 0.124. The number of halogens is 4. The Morgan fingerprint density at radius 2 is 1.34 bits per heavy atom. The van der Waals surface area contributed by atoms with Crippen molar-refractivity contribution < 1.29 is 37.6 Å². The molecule has 4 heterocycles. The van der Waals surface area contributed by atoms with Crippen molar-refractivity contribution >= 4 is 88.4 Å². The average molecular weight is 955 g/mol. The average Bonchev–Trinajstić information content (AvgIpc) is 3.98. The third-order valence-corrected chi connectivity index (χ3v) is 10.8. The molecule has 2 atom stereocenters. The molecule has 0 saturated carbocycles. The summed E-state index contributed by atoms with van der Waals surface area (Å²) in [5, 5.41) is 18.5. The summed E-state index contributed by atoms with van der Waals surface area (Å²) in [5.74, 6) is 2.54. The second kappa shape index (κ2) is 19.2. The number of thioether (sulfide) groups is 1. The number of aliphatic hydroxyl groups excluding tert-OH is 1. The van der Waals surface area contributed by atoms with Crippen LogP contribution < -0.4 is 29.6 Å². The Balaban J connectivity index is 0.000000184. The van der Waals surface area contributed by atoms with E-state index in [9.17, 15) is 13.9 Å². The molecule has 1 saturated heterocycles. The molecule has 0 spiro atoms. The van der Waals surface area contributed by atoms with Crippen molar-refractivity contribution in [2.24, 2.45) is 7.05 Å². The molecule has 1 aliphatic rings. The molecule has 1 fully saturated rings. The van der Waals surface area contributed by atoms with Crippen molar-refractivity contribution in [1.82, 2.24) is 29.5 Å². The van der Waals surface area contributed by atoms with Crippen LogP contribution >= 0.6 is 43.6 Å². The largest absolute Gasteiger partial charge is 0.493 e. The molecule has 0 bridgehead atoms. The molecule has 59 heavy (non-hydrogen) atoms. The number of ether oxygens (including phenoxy) is 5. The summed E-state index contributed by atoms with van der Waals surface area (Å²) in [6.07, 6.45) is 5.79. The van der Waals surface area contributed by atoms with Crippen molar-refractivity contribution in [2.75, 3.05) is 50.4 Å². The maximum Gasteiger partial charge on any atom is 0.167 e. The molecule has 2 unspecified atom stereocenters. The molecule has 4 aromatic carbocycles. The number of aromatic nitrogens is 6.